The highest BCUT2D eigenvalue weighted by Gasteiger charge is 2.22. The highest BCUT2D eigenvalue weighted by Crippen LogP contribution is 2.17. The summed E-state index contributed by atoms with van der Waals surface area (Å²) in [4.78, 5) is 12.1. The molecule has 18 heavy (non-hydrogen) atoms. The summed E-state index contributed by atoms with van der Waals surface area (Å²) < 4.78 is 1.05. The standard InChI is InChI=1S/C13H17BrN2OS/c1-9(10-2-4-11(14)5-3-10)16-13(17)12-8-18-7-6-15-12/h2-5,9,12,15H,6-8H2,1H3,(H,16,17)/t9-,12?/m1/s1. The van der Waals surface area contributed by atoms with Gasteiger partial charge in [0.1, 0.15) is 0 Å². The van der Waals surface area contributed by atoms with E-state index < -0.39 is 0 Å². The van der Waals surface area contributed by atoms with Gasteiger partial charge in [-0.05, 0) is 24.6 Å². The molecule has 1 aromatic rings. The number of hydrogen-bond acceptors (Lipinski definition) is 3. The molecule has 3 nitrogen and oxygen atoms in total. The fraction of sp³-hybridized carbons (Fsp3) is 0.462. The number of hydrogen-bond donors (Lipinski definition) is 2. The maximum absolute atomic E-state index is 12.1. The van der Waals surface area contributed by atoms with Crippen LogP contribution in [0.25, 0.3) is 0 Å². The molecule has 0 spiro atoms. The average molecular weight is 329 g/mol. The predicted octanol–water partition coefficient (Wildman–Crippen LogP) is 2.33. The van der Waals surface area contributed by atoms with Crippen LogP contribution >= 0.6 is 27.7 Å². The van der Waals surface area contributed by atoms with E-state index in [4.69, 9.17) is 0 Å². The molecule has 1 aromatic carbocycles. The van der Waals surface area contributed by atoms with Crippen LogP contribution in [-0.4, -0.2) is 30.0 Å². The van der Waals surface area contributed by atoms with E-state index in [1.165, 1.54) is 0 Å². The van der Waals surface area contributed by atoms with Crippen molar-refractivity contribution in [2.75, 3.05) is 18.1 Å². The Labute approximate surface area is 120 Å². The summed E-state index contributed by atoms with van der Waals surface area (Å²) in [7, 11) is 0. The topological polar surface area (TPSA) is 41.1 Å². The van der Waals surface area contributed by atoms with Crippen molar-refractivity contribution in [2.45, 2.75) is 19.0 Å². The first-order chi connectivity index (χ1) is 8.66. The van der Waals surface area contributed by atoms with Crippen molar-refractivity contribution in [1.82, 2.24) is 10.6 Å². The van der Waals surface area contributed by atoms with Crippen molar-refractivity contribution in [3.8, 4) is 0 Å². The highest BCUT2D eigenvalue weighted by molar-refractivity contribution is 9.10. The molecule has 0 bridgehead atoms. The molecule has 0 aliphatic carbocycles. The van der Waals surface area contributed by atoms with Crippen molar-refractivity contribution < 1.29 is 4.79 Å². The molecule has 1 heterocycles. The van der Waals surface area contributed by atoms with Gasteiger partial charge in [0.25, 0.3) is 0 Å². The van der Waals surface area contributed by atoms with Crippen molar-refractivity contribution in [3.05, 3.63) is 34.3 Å². The zero-order valence-electron chi connectivity index (χ0n) is 10.3. The second-order valence-corrected chi connectivity index (χ2v) is 6.43. The van der Waals surface area contributed by atoms with Crippen molar-refractivity contribution in [3.63, 3.8) is 0 Å². The van der Waals surface area contributed by atoms with Crippen LogP contribution in [-0.2, 0) is 4.79 Å². The van der Waals surface area contributed by atoms with Crippen LogP contribution in [0.2, 0.25) is 0 Å². The van der Waals surface area contributed by atoms with E-state index in [9.17, 15) is 4.79 Å². The van der Waals surface area contributed by atoms with Gasteiger partial charge in [-0.1, -0.05) is 28.1 Å². The molecule has 5 heteroatoms. The Hall–Kier alpha value is -0.520. The van der Waals surface area contributed by atoms with E-state index in [-0.39, 0.29) is 18.0 Å². The minimum Gasteiger partial charge on any atom is -0.348 e. The molecular weight excluding hydrogens is 312 g/mol. The van der Waals surface area contributed by atoms with E-state index in [0.717, 1.165) is 28.1 Å². The molecule has 1 fully saturated rings. The quantitative estimate of drug-likeness (QED) is 0.894. The molecule has 1 aliphatic heterocycles. The summed E-state index contributed by atoms with van der Waals surface area (Å²) in [5.74, 6) is 2.04. The molecule has 1 unspecified atom stereocenters. The normalized spacial score (nSPS) is 21.3. The van der Waals surface area contributed by atoms with Crippen LogP contribution in [0, 0.1) is 0 Å². The van der Waals surface area contributed by atoms with Crippen molar-refractivity contribution >= 4 is 33.6 Å². The lowest BCUT2D eigenvalue weighted by Gasteiger charge is -2.24. The fourth-order valence-electron chi connectivity index (χ4n) is 1.88. The predicted molar refractivity (Wildman–Crippen MR) is 79.8 cm³/mol. The van der Waals surface area contributed by atoms with E-state index >= 15 is 0 Å². The van der Waals surface area contributed by atoms with E-state index in [0.29, 0.717) is 0 Å². The van der Waals surface area contributed by atoms with Gasteiger partial charge in [0.05, 0.1) is 12.1 Å². The molecule has 0 aromatic heterocycles. The van der Waals surface area contributed by atoms with Gasteiger partial charge in [-0.3, -0.25) is 4.79 Å². The SMILES string of the molecule is C[C@@H](NC(=O)C1CSCCN1)c1ccc(Br)cc1. The first-order valence-electron chi connectivity index (χ1n) is 6.04. The van der Waals surface area contributed by atoms with Crippen LogP contribution < -0.4 is 10.6 Å². The van der Waals surface area contributed by atoms with Crippen LogP contribution in [0.15, 0.2) is 28.7 Å². The van der Waals surface area contributed by atoms with E-state index in [1.54, 1.807) is 0 Å². The molecule has 1 amide bonds. The minimum absolute atomic E-state index is 0.0410. The number of carbonyl (C=O) groups is 1. The second kappa shape index (κ2) is 6.59. The van der Waals surface area contributed by atoms with Gasteiger partial charge in [-0.25, -0.2) is 0 Å². The number of amides is 1. The number of nitrogens with one attached hydrogen (secondary N) is 2. The summed E-state index contributed by atoms with van der Waals surface area (Å²) in [5.41, 5.74) is 1.12. The molecule has 2 atom stereocenters. The average Bonchev–Trinajstić information content (AvgIpc) is 2.40. The Kier molecular flexibility index (Phi) is 5.09. The number of thioether (sulfide) groups is 1. The zero-order chi connectivity index (χ0) is 13.0. The number of carbonyl (C=O) groups excluding carboxylic acids is 1. The first-order valence-corrected chi connectivity index (χ1v) is 7.98. The first kappa shape index (κ1) is 13.9. The smallest absolute Gasteiger partial charge is 0.238 e. The monoisotopic (exact) mass is 328 g/mol. The third-order valence-corrected chi connectivity index (χ3v) is 4.56. The molecule has 0 saturated carbocycles. The van der Waals surface area contributed by atoms with Crippen molar-refractivity contribution in [2.24, 2.45) is 0 Å². The van der Waals surface area contributed by atoms with Gasteiger partial charge in [0, 0.05) is 22.5 Å². The lowest BCUT2D eigenvalue weighted by molar-refractivity contribution is -0.123. The number of rotatable bonds is 3. The maximum Gasteiger partial charge on any atom is 0.238 e. The molecule has 1 aliphatic rings. The summed E-state index contributed by atoms with van der Waals surface area (Å²) in [6, 6.07) is 8.02. The third kappa shape index (κ3) is 3.73. The largest absolute Gasteiger partial charge is 0.348 e. The van der Waals surface area contributed by atoms with Gasteiger partial charge >= 0.3 is 0 Å². The number of benzene rings is 1. The molecule has 98 valence electrons. The molecular formula is C13H17BrN2OS. The Morgan fingerprint density at radius 2 is 2.22 bits per heavy atom. The minimum atomic E-state index is -0.0540. The van der Waals surface area contributed by atoms with Crippen LogP contribution in [0.3, 0.4) is 0 Å². The van der Waals surface area contributed by atoms with Crippen LogP contribution in [0.4, 0.5) is 0 Å². The van der Waals surface area contributed by atoms with Gasteiger partial charge in [-0.2, -0.15) is 11.8 Å². The molecule has 0 radical (unpaired) electrons. The summed E-state index contributed by atoms with van der Waals surface area (Å²) >= 11 is 5.23. The lowest BCUT2D eigenvalue weighted by atomic mass is 10.1. The Morgan fingerprint density at radius 3 is 2.83 bits per heavy atom. The summed E-state index contributed by atoms with van der Waals surface area (Å²) in [5, 5.41) is 6.30. The van der Waals surface area contributed by atoms with Gasteiger partial charge < -0.3 is 10.6 Å². The summed E-state index contributed by atoms with van der Waals surface area (Å²) in [6.45, 7) is 2.92. The van der Waals surface area contributed by atoms with E-state index in [2.05, 4.69) is 26.6 Å². The lowest BCUT2D eigenvalue weighted by Crippen LogP contribution is -2.49. The Bertz CT molecular complexity index is 404. The van der Waals surface area contributed by atoms with E-state index in [1.807, 2.05) is 43.0 Å². The van der Waals surface area contributed by atoms with Gasteiger partial charge in [0.2, 0.25) is 5.91 Å². The highest BCUT2D eigenvalue weighted by atomic mass is 79.9. The van der Waals surface area contributed by atoms with Crippen molar-refractivity contribution in [1.29, 1.82) is 0 Å². The molecule has 1 saturated heterocycles. The Balaban J connectivity index is 1.91. The maximum atomic E-state index is 12.1. The summed E-state index contributed by atoms with van der Waals surface area (Å²) in [6.07, 6.45) is 0. The number of halogens is 1. The molecule has 2 rings (SSSR count). The fourth-order valence-corrected chi connectivity index (χ4v) is 3.08. The van der Waals surface area contributed by atoms with Gasteiger partial charge in [-0.15, -0.1) is 0 Å². The molecule has 2 N–H and O–H groups in total. The van der Waals surface area contributed by atoms with Gasteiger partial charge in [0.15, 0.2) is 0 Å². The third-order valence-electron chi connectivity index (χ3n) is 2.97. The Morgan fingerprint density at radius 1 is 1.50 bits per heavy atom. The zero-order valence-corrected chi connectivity index (χ0v) is 12.7. The second-order valence-electron chi connectivity index (χ2n) is 4.36. The van der Waals surface area contributed by atoms with Crippen LogP contribution in [0.1, 0.15) is 18.5 Å². The van der Waals surface area contributed by atoms with Crippen LogP contribution in [0.5, 0.6) is 0 Å².